The first-order valence-corrected chi connectivity index (χ1v) is 8.72. The van der Waals surface area contributed by atoms with Gasteiger partial charge in [0.2, 0.25) is 0 Å². The SMILES string of the molecule is Cc1cccc(CN/C=C(/C#N)C(=O)Nc2c(C)cccc2C(C)C)c1. The molecule has 0 spiro atoms. The van der Waals surface area contributed by atoms with E-state index in [2.05, 4.69) is 30.5 Å². The smallest absolute Gasteiger partial charge is 0.267 e. The standard InChI is InChI=1S/C22H25N3O/c1-15(2)20-10-6-8-17(4)21(20)25-22(26)19(12-23)14-24-13-18-9-5-7-16(3)11-18/h5-11,14-15,24H,13H2,1-4H3,(H,25,26)/b19-14-. The highest BCUT2D eigenvalue weighted by Crippen LogP contribution is 2.27. The highest BCUT2D eigenvalue weighted by Gasteiger charge is 2.15. The number of nitriles is 1. The molecule has 0 bridgehead atoms. The number of anilines is 1. The van der Waals surface area contributed by atoms with Crippen molar-refractivity contribution in [2.75, 3.05) is 5.32 Å². The molecule has 1 amide bonds. The number of nitrogens with zero attached hydrogens (tertiary/aromatic N) is 1. The van der Waals surface area contributed by atoms with Crippen LogP contribution in [0.2, 0.25) is 0 Å². The van der Waals surface area contributed by atoms with E-state index in [0.717, 1.165) is 22.4 Å². The molecule has 0 saturated heterocycles. The van der Waals surface area contributed by atoms with Crippen LogP contribution in [0.4, 0.5) is 5.69 Å². The van der Waals surface area contributed by atoms with Crippen LogP contribution in [0.1, 0.15) is 42.0 Å². The van der Waals surface area contributed by atoms with Crippen molar-refractivity contribution in [2.24, 2.45) is 0 Å². The van der Waals surface area contributed by atoms with Gasteiger partial charge in [-0.3, -0.25) is 4.79 Å². The van der Waals surface area contributed by atoms with E-state index in [-0.39, 0.29) is 11.5 Å². The lowest BCUT2D eigenvalue weighted by atomic mass is 9.98. The van der Waals surface area contributed by atoms with Gasteiger partial charge >= 0.3 is 0 Å². The third kappa shape index (κ3) is 4.97. The molecule has 0 radical (unpaired) electrons. The summed E-state index contributed by atoms with van der Waals surface area (Å²) in [6.07, 6.45) is 1.48. The van der Waals surface area contributed by atoms with Gasteiger partial charge in [0.15, 0.2) is 0 Å². The van der Waals surface area contributed by atoms with Gasteiger partial charge in [-0.25, -0.2) is 0 Å². The highest BCUT2D eigenvalue weighted by molar-refractivity contribution is 6.07. The number of carbonyl (C=O) groups excluding carboxylic acids is 1. The molecule has 0 fully saturated rings. The molecule has 2 aromatic rings. The maximum absolute atomic E-state index is 12.5. The van der Waals surface area contributed by atoms with Crippen LogP contribution in [-0.4, -0.2) is 5.91 Å². The molecule has 4 nitrogen and oxygen atoms in total. The van der Waals surface area contributed by atoms with E-state index in [1.165, 1.54) is 11.8 Å². The maximum atomic E-state index is 12.5. The lowest BCUT2D eigenvalue weighted by Gasteiger charge is -2.16. The molecule has 0 aliphatic heterocycles. The van der Waals surface area contributed by atoms with E-state index in [0.29, 0.717) is 6.54 Å². The van der Waals surface area contributed by atoms with E-state index < -0.39 is 5.91 Å². The van der Waals surface area contributed by atoms with Crippen LogP contribution in [0.5, 0.6) is 0 Å². The van der Waals surface area contributed by atoms with E-state index in [9.17, 15) is 10.1 Å². The summed E-state index contributed by atoms with van der Waals surface area (Å²) in [4.78, 5) is 12.5. The van der Waals surface area contributed by atoms with Gasteiger partial charge in [0.05, 0.1) is 0 Å². The van der Waals surface area contributed by atoms with E-state index in [4.69, 9.17) is 0 Å². The Morgan fingerprint density at radius 2 is 1.92 bits per heavy atom. The summed E-state index contributed by atoms with van der Waals surface area (Å²) in [6.45, 7) is 8.70. The van der Waals surface area contributed by atoms with Gasteiger partial charge < -0.3 is 10.6 Å². The number of hydrogen-bond acceptors (Lipinski definition) is 3. The van der Waals surface area contributed by atoms with E-state index in [1.54, 1.807) is 0 Å². The Labute approximate surface area is 155 Å². The van der Waals surface area contributed by atoms with E-state index >= 15 is 0 Å². The summed E-state index contributed by atoms with van der Waals surface area (Å²) in [5.74, 6) is -0.125. The topological polar surface area (TPSA) is 64.9 Å². The summed E-state index contributed by atoms with van der Waals surface area (Å²) in [6, 6.07) is 16.0. The number of hydrogen-bond donors (Lipinski definition) is 2. The first kappa shape index (κ1) is 19.3. The van der Waals surface area contributed by atoms with Crippen molar-refractivity contribution in [3.05, 3.63) is 76.5 Å². The van der Waals surface area contributed by atoms with Crippen LogP contribution < -0.4 is 10.6 Å². The monoisotopic (exact) mass is 347 g/mol. The highest BCUT2D eigenvalue weighted by atomic mass is 16.1. The fraction of sp³-hybridized carbons (Fsp3) is 0.273. The molecule has 2 rings (SSSR count). The molecule has 0 aliphatic rings. The Hall–Kier alpha value is -3.06. The molecule has 0 aliphatic carbocycles. The number of rotatable bonds is 6. The zero-order valence-electron chi connectivity index (χ0n) is 15.8. The lowest BCUT2D eigenvalue weighted by Crippen LogP contribution is -2.18. The second kappa shape index (κ2) is 8.87. The summed E-state index contributed by atoms with van der Waals surface area (Å²) in [7, 11) is 0. The Bertz CT molecular complexity index is 860. The summed E-state index contributed by atoms with van der Waals surface area (Å²) < 4.78 is 0. The average Bonchev–Trinajstić information content (AvgIpc) is 2.60. The fourth-order valence-corrected chi connectivity index (χ4v) is 2.76. The summed E-state index contributed by atoms with van der Waals surface area (Å²) in [5.41, 5.74) is 5.15. The molecule has 0 aromatic heterocycles. The molecule has 0 unspecified atom stereocenters. The molecule has 0 heterocycles. The summed E-state index contributed by atoms with van der Waals surface area (Å²) >= 11 is 0. The quantitative estimate of drug-likeness (QED) is 0.594. The predicted octanol–water partition coefficient (Wildman–Crippen LogP) is 4.56. The molecular formula is C22H25N3O. The minimum absolute atomic E-state index is 0.0515. The zero-order chi connectivity index (χ0) is 19.1. The number of aryl methyl sites for hydroxylation is 2. The second-order valence-corrected chi connectivity index (χ2v) is 6.69. The van der Waals surface area contributed by atoms with Crippen molar-refractivity contribution in [3.63, 3.8) is 0 Å². The van der Waals surface area contributed by atoms with Crippen molar-refractivity contribution in [1.29, 1.82) is 5.26 Å². The van der Waals surface area contributed by atoms with Crippen molar-refractivity contribution < 1.29 is 4.79 Å². The molecule has 134 valence electrons. The maximum Gasteiger partial charge on any atom is 0.267 e. The third-order valence-corrected chi connectivity index (χ3v) is 4.17. The van der Waals surface area contributed by atoms with Gasteiger partial charge in [-0.2, -0.15) is 5.26 Å². The first-order valence-electron chi connectivity index (χ1n) is 8.72. The molecular weight excluding hydrogens is 322 g/mol. The first-order chi connectivity index (χ1) is 12.4. The molecule has 26 heavy (non-hydrogen) atoms. The second-order valence-electron chi connectivity index (χ2n) is 6.69. The number of amides is 1. The normalized spacial score (nSPS) is 11.2. The lowest BCUT2D eigenvalue weighted by molar-refractivity contribution is -0.112. The van der Waals surface area contributed by atoms with E-state index in [1.807, 2.05) is 56.3 Å². The van der Waals surface area contributed by atoms with Crippen LogP contribution in [0.15, 0.2) is 54.2 Å². The van der Waals surface area contributed by atoms with Gasteiger partial charge in [0.1, 0.15) is 11.6 Å². The molecule has 2 N–H and O–H groups in total. The number of carbonyl (C=O) groups is 1. The van der Waals surface area contributed by atoms with Crippen molar-refractivity contribution in [1.82, 2.24) is 5.32 Å². The average molecular weight is 347 g/mol. The van der Waals surface area contributed by atoms with Crippen molar-refractivity contribution >= 4 is 11.6 Å². The van der Waals surface area contributed by atoms with Crippen molar-refractivity contribution in [2.45, 2.75) is 40.2 Å². The zero-order valence-corrected chi connectivity index (χ0v) is 15.8. The molecule has 4 heteroatoms. The third-order valence-electron chi connectivity index (χ3n) is 4.17. The van der Waals surface area contributed by atoms with Crippen LogP contribution in [0.25, 0.3) is 0 Å². The van der Waals surface area contributed by atoms with Crippen LogP contribution in [0.3, 0.4) is 0 Å². The van der Waals surface area contributed by atoms with Crippen LogP contribution in [0, 0.1) is 25.2 Å². The largest absolute Gasteiger partial charge is 0.386 e. The Balaban J connectivity index is 2.11. The number of benzene rings is 2. The van der Waals surface area contributed by atoms with Gasteiger partial charge in [-0.05, 0) is 36.5 Å². The van der Waals surface area contributed by atoms with Gasteiger partial charge in [-0.15, -0.1) is 0 Å². The van der Waals surface area contributed by atoms with Crippen LogP contribution >= 0.6 is 0 Å². The number of nitrogens with one attached hydrogen (secondary N) is 2. The Morgan fingerprint density at radius 3 is 2.58 bits per heavy atom. The molecule has 0 atom stereocenters. The van der Waals surface area contributed by atoms with Gasteiger partial charge in [0, 0.05) is 18.4 Å². The predicted molar refractivity (Wildman–Crippen MR) is 106 cm³/mol. The Morgan fingerprint density at radius 1 is 1.19 bits per heavy atom. The van der Waals surface area contributed by atoms with Crippen LogP contribution in [-0.2, 0) is 11.3 Å². The Kier molecular flexibility index (Phi) is 6.57. The minimum Gasteiger partial charge on any atom is -0.386 e. The van der Waals surface area contributed by atoms with Gasteiger partial charge in [-0.1, -0.05) is 61.9 Å². The molecule has 0 saturated carbocycles. The summed E-state index contributed by atoms with van der Waals surface area (Å²) in [5, 5.41) is 15.3. The molecule has 2 aromatic carbocycles. The fourth-order valence-electron chi connectivity index (χ4n) is 2.76. The van der Waals surface area contributed by atoms with Gasteiger partial charge in [0.25, 0.3) is 5.91 Å². The number of para-hydroxylation sites is 1. The van der Waals surface area contributed by atoms with Crippen molar-refractivity contribution in [3.8, 4) is 6.07 Å². The minimum atomic E-state index is -0.402.